The number of halogens is 1. The summed E-state index contributed by atoms with van der Waals surface area (Å²) in [4.78, 5) is 23.6. The molecule has 2 N–H and O–H groups in total. The van der Waals surface area contributed by atoms with Gasteiger partial charge in [0.25, 0.3) is 5.91 Å². The Morgan fingerprint density at radius 3 is 2.45 bits per heavy atom. The Morgan fingerprint density at radius 2 is 1.85 bits per heavy atom. The summed E-state index contributed by atoms with van der Waals surface area (Å²) >= 11 is 5.78. The zero-order valence-electron chi connectivity index (χ0n) is 10.8. The van der Waals surface area contributed by atoms with Gasteiger partial charge in [0.2, 0.25) is 0 Å². The number of hydrogen-bond donors (Lipinski definition) is 2. The van der Waals surface area contributed by atoms with Crippen molar-refractivity contribution in [2.24, 2.45) is 0 Å². The number of benzene rings is 1. The summed E-state index contributed by atoms with van der Waals surface area (Å²) in [5.74, 6) is 0.467. The number of urea groups is 1. The number of amides is 3. The van der Waals surface area contributed by atoms with Gasteiger partial charge in [-0.25, -0.2) is 14.9 Å². The Labute approximate surface area is 119 Å². The number of imide groups is 1. The van der Waals surface area contributed by atoms with Gasteiger partial charge in [0.15, 0.2) is 0 Å². The van der Waals surface area contributed by atoms with Gasteiger partial charge in [-0.2, -0.15) is 0 Å². The summed E-state index contributed by atoms with van der Waals surface area (Å²) in [6.07, 6.45) is 0. The maximum absolute atomic E-state index is 11.8. The molecule has 0 saturated carbocycles. The molecule has 0 saturated heterocycles. The maximum Gasteiger partial charge on any atom is 0.340 e. The van der Waals surface area contributed by atoms with E-state index in [-0.39, 0.29) is 0 Å². The zero-order valence-corrected chi connectivity index (χ0v) is 11.6. The van der Waals surface area contributed by atoms with Crippen LogP contribution in [0.3, 0.4) is 0 Å². The van der Waals surface area contributed by atoms with Gasteiger partial charge in [0.1, 0.15) is 11.6 Å². The highest BCUT2D eigenvalue weighted by molar-refractivity contribution is 6.31. The average Bonchev–Trinajstić information content (AvgIpc) is 2.70. The predicted octanol–water partition coefficient (Wildman–Crippen LogP) is 1.64. The molecular weight excluding hydrogens is 282 g/mol. The van der Waals surface area contributed by atoms with Crippen molar-refractivity contribution in [1.82, 2.24) is 20.2 Å². The van der Waals surface area contributed by atoms with Crippen molar-refractivity contribution in [3.05, 3.63) is 46.5 Å². The Kier molecular flexibility index (Phi) is 3.99. The standard InChI is InChI=1S/C12H12ClN5O2/c1-7-15-16-8(2)18(7)17-12(20)14-11(19)9-4-3-5-10(13)6-9/h3-6H,1-2H3,(H2,14,17,19,20). The first-order chi connectivity index (χ1) is 9.47. The highest BCUT2D eigenvalue weighted by Crippen LogP contribution is 2.10. The summed E-state index contributed by atoms with van der Waals surface area (Å²) in [5.41, 5.74) is 2.76. The van der Waals surface area contributed by atoms with E-state index < -0.39 is 11.9 Å². The van der Waals surface area contributed by atoms with Gasteiger partial charge in [-0.1, -0.05) is 17.7 Å². The fourth-order valence-corrected chi connectivity index (χ4v) is 1.75. The van der Waals surface area contributed by atoms with Crippen LogP contribution in [0.5, 0.6) is 0 Å². The van der Waals surface area contributed by atoms with Crippen molar-refractivity contribution in [1.29, 1.82) is 0 Å². The average molecular weight is 294 g/mol. The van der Waals surface area contributed by atoms with Crippen LogP contribution in [0.1, 0.15) is 22.0 Å². The number of carbonyl (C=O) groups excluding carboxylic acids is 2. The molecule has 1 heterocycles. The lowest BCUT2D eigenvalue weighted by Crippen LogP contribution is -2.38. The second-order valence-corrected chi connectivity index (χ2v) is 4.47. The largest absolute Gasteiger partial charge is 0.340 e. The van der Waals surface area contributed by atoms with Crippen LogP contribution < -0.4 is 10.7 Å². The summed E-state index contributed by atoms with van der Waals surface area (Å²) in [5, 5.41) is 10.2. The van der Waals surface area contributed by atoms with Crippen LogP contribution in [0.25, 0.3) is 0 Å². The minimum atomic E-state index is -0.680. The second kappa shape index (κ2) is 5.70. The fourth-order valence-electron chi connectivity index (χ4n) is 1.56. The first kappa shape index (κ1) is 14.0. The first-order valence-corrected chi connectivity index (χ1v) is 6.11. The Morgan fingerprint density at radius 1 is 1.20 bits per heavy atom. The van der Waals surface area contributed by atoms with Gasteiger partial charge in [-0.15, -0.1) is 10.2 Å². The van der Waals surface area contributed by atoms with Crippen LogP contribution in [0.2, 0.25) is 5.02 Å². The van der Waals surface area contributed by atoms with Gasteiger partial charge < -0.3 is 0 Å². The number of hydrogen-bond acceptors (Lipinski definition) is 4. The highest BCUT2D eigenvalue weighted by Gasteiger charge is 2.12. The summed E-state index contributed by atoms with van der Waals surface area (Å²) in [7, 11) is 0. The number of nitrogens with one attached hydrogen (secondary N) is 2. The van der Waals surface area contributed by atoms with E-state index in [1.54, 1.807) is 32.0 Å². The van der Waals surface area contributed by atoms with Crippen LogP contribution in [0.15, 0.2) is 24.3 Å². The Bertz CT molecular complexity index is 648. The Hall–Kier alpha value is -2.41. The lowest BCUT2D eigenvalue weighted by Gasteiger charge is -2.09. The van der Waals surface area contributed by atoms with Crippen LogP contribution in [0.4, 0.5) is 4.79 Å². The molecule has 20 heavy (non-hydrogen) atoms. The zero-order chi connectivity index (χ0) is 14.7. The van der Waals surface area contributed by atoms with Crippen LogP contribution >= 0.6 is 11.6 Å². The molecule has 8 heteroatoms. The van der Waals surface area contributed by atoms with E-state index in [0.29, 0.717) is 22.2 Å². The van der Waals surface area contributed by atoms with Crippen LogP contribution in [0, 0.1) is 13.8 Å². The molecule has 0 fully saturated rings. The molecule has 0 bridgehead atoms. The minimum absolute atomic E-state index is 0.296. The van der Waals surface area contributed by atoms with Gasteiger partial charge in [0.05, 0.1) is 0 Å². The maximum atomic E-state index is 11.8. The van der Waals surface area contributed by atoms with Gasteiger partial charge >= 0.3 is 6.03 Å². The van der Waals surface area contributed by atoms with Crippen molar-refractivity contribution in [3.63, 3.8) is 0 Å². The molecular formula is C12H12ClN5O2. The normalized spacial score (nSPS) is 10.2. The Balaban J connectivity index is 2.03. The van der Waals surface area contributed by atoms with Crippen LogP contribution in [-0.2, 0) is 0 Å². The molecule has 0 aliphatic rings. The minimum Gasteiger partial charge on any atom is -0.273 e. The summed E-state index contributed by atoms with van der Waals surface area (Å²) < 4.78 is 1.38. The lowest BCUT2D eigenvalue weighted by molar-refractivity contribution is 0.0966. The van der Waals surface area contributed by atoms with E-state index >= 15 is 0 Å². The molecule has 1 aromatic carbocycles. The SMILES string of the molecule is Cc1nnc(C)n1NC(=O)NC(=O)c1cccc(Cl)c1. The second-order valence-electron chi connectivity index (χ2n) is 4.04. The van der Waals surface area contributed by atoms with E-state index in [4.69, 9.17) is 11.6 Å². The predicted molar refractivity (Wildman–Crippen MR) is 73.2 cm³/mol. The van der Waals surface area contributed by atoms with Crippen molar-refractivity contribution < 1.29 is 9.59 Å². The van der Waals surface area contributed by atoms with E-state index in [2.05, 4.69) is 20.9 Å². The molecule has 0 aliphatic heterocycles. The van der Waals surface area contributed by atoms with Crippen molar-refractivity contribution >= 4 is 23.5 Å². The number of carbonyl (C=O) groups is 2. The fraction of sp³-hybridized carbons (Fsp3) is 0.167. The third-order valence-electron chi connectivity index (χ3n) is 2.51. The van der Waals surface area contributed by atoms with E-state index in [1.165, 1.54) is 10.7 Å². The summed E-state index contributed by atoms with van der Waals surface area (Å²) in [6.45, 7) is 3.36. The van der Waals surface area contributed by atoms with E-state index in [0.717, 1.165) is 0 Å². The number of rotatable bonds is 2. The molecule has 0 spiro atoms. The number of aryl methyl sites for hydroxylation is 2. The molecule has 0 aliphatic carbocycles. The molecule has 2 aromatic rings. The molecule has 0 unspecified atom stereocenters. The van der Waals surface area contributed by atoms with E-state index in [1.807, 2.05) is 0 Å². The van der Waals surface area contributed by atoms with Gasteiger partial charge in [0, 0.05) is 10.6 Å². The van der Waals surface area contributed by atoms with Gasteiger partial charge in [-0.05, 0) is 32.0 Å². The van der Waals surface area contributed by atoms with Gasteiger partial charge in [-0.3, -0.25) is 10.1 Å². The van der Waals surface area contributed by atoms with Crippen molar-refractivity contribution in [3.8, 4) is 0 Å². The first-order valence-electron chi connectivity index (χ1n) is 5.74. The van der Waals surface area contributed by atoms with E-state index in [9.17, 15) is 9.59 Å². The lowest BCUT2D eigenvalue weighted by atomic mass is 10.2. The molecule has 1 aromatic heterocycles. The van der Waals surface area contributed by atoms with Crippen molar-refractivity contribution in [2.45, 2.75) is 13.8 Å². The topological polar surface area (TPSA) is 88.9 Å². The third-order valence-corrected chi connectivity index (χ3v) is 2.75. The third kappa shape index (κ3) is 3.12. The highest BCUT2D eigenvalue weighted by atomic mass is 35.5. The quantitative estimate of drug-likeness (QED) is 0.881. The molecule has 0 radical (unpaired) electrons. The molecule has 0 atom stereocenters. The van der Waals surface area contributed by atoms with Crippen LogP contribution in [-0.4, -0.2) is 26.8 Å². The number of aromatic nitrogens is 3. The molecule has 104 valence electrons. The summed E-state index contributed by atoms with van der Waals surface area (Å²) in [6, 6.07) is 5.62. The molecule has 3 amide bonds. The smallest absolute Gasteiger partial charge is 0.273 e. The van der Waals surface area contributed by atoms with Crippen molar-refractivity contribution in [2.75, 3.05) is 5.43 Å². The molecule has 7 nitrogen and oxygen atoms in total. The monoisotopic (exact) mass is 293 g/mol. The number of nitrogens with zero attached hydrogens (tertiary/aromatic N) is 3. The molecule has 2 rings (SSSR count).